The smallest absolute Gasteiger partial charge is 0.307 e. The van der Waals surface area contributed by atoms with E-state index in [-0.39, 0.29) is 11.2 Å². The summed E-state index contributed by atoms with van der Waals surface area (Å²) in [5.41, 5.74) is 0. The molecule has 0 aromatic heterocycles. The molecule has 2 nitrogen and oxygen atoms in total. The van der Waals surface area contributed by atoms with Crippen molar-refractivity contribution in [1.29, 1.82) is 0 Å². The summed E-state index contributed by atoms with van der Waals surface area (Å²) in [4.78, 5) is 11.4. The lowest BCUT2D eigenvalue weighted by atomic mass is 9.85. The molecule has 0 aromatic carbocycles. The Morgan fingerprint density at radius 2 is 2.07 bits per heavy atom. The molecule has 2 atom stereocenters. The average Bonchev–Trinajstić information content (AvgIpc) is 2.08. The zero-order valence-electron chi connectivity index (χ0n) is 8.28. The number of carbonyl (C=O) groups is 1. The molecule has 0 heterocycles. The zero-order chi connectivity index (χ0) is 11.4. The Morgan fingerprint density at radius 3 is 2.47 bits per heavy atom. The summed E-state index contributed by atoms with van der Waals surface area (Å²) in [5, 5.41) is 8.88. The molecular formula is C11H13FO2S. The number of aliphatic carboxylic acids is 1. The molecular weight excluding hydrogens is 215 g/mol. The maximum atomic E-state index is 12.3. The van der Waals surface area contributed by atoms with Crippen molar-refractivity contribution in [2.45, 2.75) is 18.1 Å². The van der Waals surface area contributed by atoms with Gasteiger partial charge in [0.05, 0.1) is 5.92 Å². The Hall–Kier alpha value is -1.03. The van der Waals surface area contributed by atoms with E-state index in [4.69, 9.17) is 5.11 Å². The standard InChI is InChI=1S/C11H13FO2S/c1-7(12)3-4-8(2)15-10-6-5-9(10)11(13)14/h3-4,9-10H,1-2,5-6H2,(H,13,14)/b4-3-. The van der Waals surface area contributed by atoms with Crippen LogP contribution < -0.4 is 0 Å². The number of thioether (sulfide) groups is 1. The fourth-order valence-corrected chi connectivity index (χ4v) is 2.52. The molecule has 82 valence electrons. The molecule has 1 aliphatic carbocycles. The zero-order valence-corrected chi connectivity index (χ0v) is 9.10. The van der Waals surface area contributed by atoms with Crippen molar-refractivity contribution < 1.29 is 14.3 Å². The number of hydrogen-bond donors (Lipinski definition) is 1. The predicted molar refractivity (Wildman–Crippen MR) is 60.3 cm³/mol. The number of hydrogen-bond acceptors (Lipinski definition) is 2. The van der Waals surface area contributed by atoms with Crippen LogP contribution in [0.25, 0.3) is 0 Å². The van der Waals surface area contributed by atoms with Gasteiger partial charge in [-0.25, -0.2) is 4.39 Å². The van der Waals surface area contributed by atoms with Gasteiger partial charge in [-0.15, -0.1) is 11.8 Å². The molecule has 0 spiro atoms. The van der Waals surface area contributed by atoms with Gasteiger partial charge < -0.3 is 5.11 Å². The van der Waals surface area contributed by atoms with Gasteiger partial charge in [0.1, 0.15) is 5.83 Å². The fourth-order valence-electron chi connectivity index (χ4n) is 1.31. The van der Waals surface area contributed by atoms with Crippen molar-refractivity contribution in [2.75, 3.05) is 0 Å². The lowest BCUT2D eigenvalue weighted by molar-refractivity contribution is -0.144. The van der Waals surface area contributed by atoms with E-state index in [1.807, 2.05) is 0 Å². The number of halogens is 1. The van der Waals surface area contributed by atoms with Crippen LogP contribution in [-0.4, -0.2) is 16.3 Å². The average molecular weight is 228 g/mol. The van der Waals surface area contributed by atoms with E-state index >= 15 is 0 Å². The Labute approximate surface area is 92.6 Å². The molecule has 1 N–H and O–H groups in total. The van der Waals surface area contributed by atoms with Gasteiger partial charge in [0, 0.05) is 10.2 Å². The Kier molecular flexibility index (Phi) is 4.15. The first-order valence-corrected chi connectivity index (χ1v) is 5.49. The SMILES string of the molecule is C=C(F)/C=C\C(=C)SC1CCC1C(=O)O. The molecule has 0 bridgehead atoms. The van der Waals surface area contributed by atoms with Gasteiger partial charge in [-0.05, 0) is 25.0 Å². The van der Waals surface area contributed by atoms with E-state index in [1.165, 1.54) is 23.9 Å². The Morgan fingerprint density at radius 1 is 1.40 bits per heavy atom. The highest BCUT2D eigenvalue weighted by Crippen LogP contribution is 2.40. The van der Waals surface area contributed by atoms with Crippen LogP contribution in [0.15, 0.2) is 36.0 Å². The van der Waals surface area contributed by atoms with E-state index in [9.17, 15) is 9.18 Å². The molecule has 2 unspecified atom stereocenters. The minimum Gasteiger partial charge on any atom is -0.481 e. The first-order chi connectivity index (χ1) is 7.00. The molecule has 1 aliphatic rings. The van der Waals surface area contributed by atoms with Crippen molar-refractivity contribution >= 4 is 17.7 Å². The fraction of sp³-hybridized carbons (Fsp3) is 0.364. The van der Waals surface area contributed by atoms with Crippen LogP contribution in [0.4, 0.5) is 4.39 Å². The minimum atomic E-state index is -0.759. The molecule has 0 aliphatic heterocycles. The monoisotopic (exact) mass is 228 g/mol. The summed E-state index contributed by atoms with van der Waals surface area (Å²) >= 11 is 1.39. The van der Waals surface area contributed by atoms with E-state index in [1.54, 1.807) is 0 Å². The highest BCUT2D eigenvalue weighted by atomic mass is 32.2. The maximum absolute atomic E-state index is 12.3. The largest absolute Gasteiger partial charge is 0.481 e. The van der Waals surface area contributed by atoms with Crippen molar-refractivity contribution in [1.82, 2.24) is 0 Å². The summed E-state index contributed by atoms with van der Waals surface area (Å²) in [6, 6.07) is 0. The van der Waals surface area contributed by atoms with Crippen LogP contribution in [0.2, 0.25) is 0 Å². The van der Waals surface area contributed by atoms with Gasteiger partial charge in [0.15, 0.2) is 0 Å². The highest BCUT2D eigenvalue weighted by molar-refractivity contribution is 8.03. The Bertz CT molecular complexity index is 323. The lowest BCUT2D eigenvalue weighted by Crippen LogP contribution is -2.35. The van der Waals surface area contributed by atoms with E-state index in [2.05, 4.69) is 13.2 Å². The summed E-state index contributed by atoms with van der Waals surface area (Å²) in [5.74, 6) is -1.57. The number of carboxylic acid groups (broad SMARTS) is 1. The quantitative estimate of drug-likeness (QED) is 0.734. The topological polar surface area (TPSA) is 37.3 Å². The third-order valence-corrected chi connectivity index (χ3v) is 3.59. The summed E-state index contributed by atoms with van der Waals surface area (Å²) in [6.45, 7) is 6.80. The first kappa shape index (κ1) is 12.0. The van der Waals surface area contributed by atoms with Gasteiger partial charge in [0.25, 0.3) is 0 Å². The first-order valence-electron chi connectivity index (χ1n) is 4.61. The molecule has 1 rings (SSSR count). The van der Waals surface area contributed by atoms with Gasteiger partial charge in [-0.2, -0.15) is 0 Å². The van der Waals surface area contributed by atoms with Crippen molar-refractivity contribution in [2.24, 2.45) is 5.92 Å². The van der Waals surface area contributed by atoms with Crippen molar-refractivity contribution in [3.63, 3.8) is 0 Å². The van der Waals surface area contributed by atoms with E-state index < -0.39 is 11.8 Å². The number of rotatable bonds is 5. The molecule has 15 heavy (non-hydrogen) atoms. The molecule has 0 radical (unpaired) electrons. The second kappa shape index (κ2) is 5.16. The Balaban J connectivity index is 2.39. The minimum absolute atomic E-state index is 0.0764. The van der Waals surface area contributed by atoms with Gasteiger partial charge in [-0.3, -0.25) is 4.79 Å². The summed E-state index contributed by atoms with van der Waals surface area (Å²) in [7, 11) is 0. The van der Waals surface area contributed by atoms with Gasteiger partial charge in [0.2, 0.25) is 0 Å². The van der Waals surface area contributed by atoms with Crippen LogP contribution >= 0.6 is 11.8 Å². The predicted octanol–water partition coefficient (Wildman–Crippen LogP) is 3.14. The van der Waals surface area contributed by atoms with Crippen LogP contribution in [0, 0.1) is 5.92 Å². The van der Waals surface area contributed by atoms with E-state index in [0.717, 1.165) is 12.8 Å². The summed E-state index contributed by atoms with van der Waals surface area (Å²) < 4.78 is 12.3. The molecule has 1 fully saturated rings. The normalized spacial score (nSPS) is 24.9. The van der Waals surface area contributed by atoms with Crippen LogP contribution in [0.1, 0.15) is 12.8 Å². The molecule has 0 amide bonds. The lowest BCUT2D eigenvalue weighted by Gasteiger charge is -2.32. The van der Waals surface area contributed by atoms with Crippen LogP contribution in [-0.2, 0) is 4.79 Å². The third kappa shape index (κ3) is 3.55. The second-order valence-corrected chi connectivity index (χ2v) is 4.79. The molecule has 4 heteroatoms. The van der Waals surface area contributed by atoms with Gasteiger partial charge in [-0.1, -0.05) is 13.2 Å². The maximum Gasteiger partial charge on any atom is 0.307 e. The molecule has 1 saturated carbocycles. The van der Waals surface area contributed by atoms with Crippen molar-refractivity contribution in [3.8, 4) is 0 Å². The second-order valence-electron chi connectivity index (χ2n) is 3.42. The molecule has 0 saturated heterocycles. The molecule has 0 aromatic rings. The van der Waals surface area contributed by atoms with E-state index in [0.29, 0.717) is 4.91 Å². The van der Waals surface area contributed by atoms with Crippen molar-refractivity contribution in [3.05, 3.63) is 36.0 Å². The number of carboxylic acids is 1. The van der Waals surface area contributed by atoms with Gasteiger partial charge >= 0.3 is 5.97 Å². The highest BCUT2D eigenvalue weighted by Gasteiger charge is 2.36. The summed E-state index contributed by atoms with van der Waals surface area (Å²) in [6.07, 6.45) is 4.35. The third-order valence-electron chi connectivity index (χ3n) is 2.28. The van der Waals surface area contributed by atoms with Crippen LogP contribution in [0.5, 0.6) is 0 Å². The number of allylic oxidation sites excluding steroid dienone is 3. The van der Waals surface area contributed by atoms with Crippen LogP contribution in [0.3, 0.4) is 0 Å².